The molecule has 7 nitrogen and oxygen atoms in total. The summed E-state index contributed by atoms with van der Waals surface area (Å²) in [6.07, 6.45) is 2.22. The number of fused-ring (bicyclic) bond motifs is 1. The number of amides is 3. The number of nitrogens with zero attached hydrogens (tertiary/aromatic N) is 2. The molecular weight excluding hydrogens is 411 g/mol. The molecule has 1 aliphatic heterocycles. The van der Waals surface area contributed by atoms with Crippen molar-refractivity contribution in [3.05, 3.63) is 82.9 Å². The minimum atomic E-state index is -0.357. The maximum absolute atomic E-state index is 13.8. The first-order valence-electron chi connectivity index (χ1n) is 10.2. The van der Waals surface area contributed by atoms with Crippen molar-refractivity contribution >= 4 is 17.6 Å². The van der Waals surface area contributed by atoms with Crippen LogP contribution in [0.3, 0.4) is 0 Å². The summed E-state index contributed by atoms with van der Waals surface area (Å²) in [5, 5.41) is 5.29. The van der Waals surface area contributed by atoms with Crippen molar-refractivity contribution < 1.29 is 18.7 Å². The first kappa shape index (κ1) is 21.3. The Morgan fingerprint density at radius 3 is 2.66 bits per heavy atom. The Morgan fingerprint density at radius 2 is 1.88 bits per heavy atom. The molecule has 0 spiro atoms. The summed E-state index contributed by atoms with van der Waals surface area (Å²) in [5.74, 6) is 0.436. The molecule has 1 aliphatic rings. The summed E-state index contributed by atoms with van der Waals surface area (Å²) in [5.41, 5.74) is 3.33. The molecule has 2 aromatic carbocycles. The van der Waals surface area contributed by atoms with Gasteiger partial charge in [0.1, 0.15) is 23.0 Å². The van der Waals surface area contributed by atoms with Crippen LogP contribution in [0, 0.1) is 12.7 Å². The Balaban J connectivity index is 1.46. The van der Waals surface area contributed by atoms with Gasteiger partial charge in [0, 0.05) is 38.1 Å². The zero-order valence-electron chi connectivity index (χ0n) is 17.8. The van der Waals surface area contributed by atoms with Crippen LogP contribution in [0.2, 0.25) is 0 Å². The van der Waals surface area contributed by atoms with Gasteiger partial charge in [-0.1, -0.05) is 12.1 Å². The number of aryl methyl sites for hydroxylation is 1. The molecule has 164 valence electrons. The normalized spacial score (nSPS) is 12.7. The molecule has 0 unspecified atom stereocenters. The second-order valence-electron chi connectivity index (χ2n) is 7.55. The Hall–Kier alpha value is -3.94. The van der Waals surface area contributed by atoms with Crippen molar-refractivity contribution in [2.45, 2.75) is 19.9 Å². The Morgan fingerprint density at radius 1 is 1.06 bits per heavy atom. The molecule has 32 heavy (non-hydrogen) atoms. The van der Waals surface area contributed by atoms with Crippen LogP contribution < -0.4 is 15.4 Å². The maximum atomic E-state index is 13.8. The summed E-state index contributed by atoms with van der Waals surface area (Å²) in [6, 6.07) is 13.3. The summed E-state index contributed by atoms with van der Waals surface area (Å²) in [4.78, 5) is 30.2. The van der Waals surface area contributed by atoms with Gasteiger partial charge in [0.2, 0.25) is 0 Å². The molecule has 0 atom stereocenters. The highest BCUT2D eigenvalue weighted by Crippen LogP contribution is 2.28. The first-order chi connectivity index (χ1) is 15.4. The van der Waals surface area contributed by atoms with Crippen LogP contribution in [0.25, 0.3) is 0 Å². The predicted molar refractivity (Wildman–Crippen MR) is 118 cm³/mol. The number of hydrogen-bond donors (Lipinski definition) is 2. The molecule has 3 aromatic rings. The van der Waals surface area contributed by atoms with E-state index in [1.165, 1.54) is 19.3 Å². The summed E-state index contributed by atoms with van der Waals surface area (Å²) >= 11 is 0. The third kappa shape index (κ3) is 4.69. The number of carbonyl (C=O) groups excluding carboxylic acids is 2. The van der Waals surface area contributed by atoms with Crippen LogP contribution in [-0.2, 0) is 13.0 Å². The summed E-state index contributed by atoms with van der Waals surface area (Å²) in [6.45, 7) is 2.65. The molecule has 2 heterocycles. The lowest BCUT2D eigenvalue weighted by molar-refractivity contribution is 0.0958. The fourth-order valence-electron chi connectivity index (χ4n) is 3.51. The third-order valence-electron chi connectivity index (χ3n) is 5.33. The smallest absolute Gasteiger partial charge is 0.322 e. The Bertz CT molecular complexity index is 1180. The first-order valence-corrected chi connectivity index (χ1v) is 10.2. The molecule has 0 fully saturated rings. The van der Waals surface area contributed by atoms with E-state index in [0.717, 1.165) is 11.1 Å². The van der Waals surface area contributed by atoms with Gasteiger partial charge in [-0.15, -0.1) is 0 Å². The number of benzene rings is 2. The number of nitrogens with one attached hydrogen (secondary N) is 2. The van der Waals surface area contributed by atoms with Gasteiger partial charge in [0.05, 0.1) is 0 Å². The van der Waals surface area contributed by atoms with E-state index in [-0.39, 0.29) is 23.4 Å². The van der Waals surface area contributed by atoms with Crippen molar-refractivity contribution in [1.29, 1.82) is 0 Å². The molecule has 0 saturated carbocycles. The van der Waals surface area contributed by atoms with Crippen LogP contribution in [-0.4, -0.2) is 35.4 Å². The summed E-state index contributed by atoms with van der Waals surface area (Å²) in [7, 11) is 1.54. The average Bonchev–Trinajstić information content (AvgIpc) is 2.80. The molecule has 8 heteroatoms. The Labute approximate surface area is 185 Å². The number of aromatic nitrogens is 1. The lowest BCUT2D eigenvalue weighted by Gasteiger charge is -2.29. The van der Waals surface area contributed by atoms with Crippen LogP contribution in [0.1, 0.15) is 27.2 Å². The van der Waals surface area contributed by atoms with E-state index in [2.05, 4.69) is 15.6 Å². The number of halogens is 1. The number of anilines is 1. The molecule has 3 amide bonds. The Kier molecular flexibility index (Phi) is 6.02. The highest BCUT2D eigenvalue weighted by Gasteiger charge is 2.21. The van der Waals surface area contributed by atoms with E-state index in [1.807, 2.05) is 18.2 Å². The number of hydrogen-bond acceptors (Lipinski definition) is 4. The molecule has 0 saturated heterocycles. The number of ether oxygens (including phenoxy) is 1. The van der Waals surface area contributed by atoms with Crippen LogP contribution in [0.4, 0.5) is 14.9 Å². The van der Waals surface area contributed by atoms with Gasteiger partial charge < -0.3 is 20.3 Å². The number of urea groups is 1. The standard InChI is InChI=1S/C24H23FN4O3/c1-15-3-5-18(12-21(15)25)28-24(31)29-10-8-16-4-6-19(11-17(16)14-29)32-20-7-9-27-22(13-20)23(30)26-2/h3-7,9,11-13H,8,10,14H2,1-2H3,(H,26,30)(H,28,31). The molecule has 0 aliphatic carbocycles. The van der Waals surface area contributed by atoms with Gasteiger partial charge in [-0.2, -0.15) is 0 Å². The van der Waals surface area contributed by atoms with E-state index >= 15 is 0 Å². The van der Waals surface area contributed by atoms with Crippen molar-refractivity contribution in [2.75, 3.05) is 18.9 Å². The lowest BCUT2D eigenvalue weighted by Crippen LogP contribution is -2.38. The number of rotatable bonds is 4. The molecule has 4 rings (SSSR count). The van der Waals surface area contributed by atoms with Gasteiger partial charge in [-0.05, 0) is 60.4 Å². The second kappa shape index (κ2) is 9.05. The van der Waals surface area contributed by atoms with Gasteiger partial charge in [0.25, 0.3) is 5.91 Å². The van der Waals surface area contributed by atoms with Crippen LogP contribution in [0.5, 0.6) is 11.5 Å². The molecule has 0 bridgehead atoms. The number of carbonyl (C=O) groups is 2. The summed E-state index contributed by atoms with van der Waals surface area (Å²) < 4.78 is 19.7. The molecule has 0 radical (unpaired) electrons. The van der Waals surface area contributed by atoms with Crippen LogP contribution >= 0.6 is 0 Å². The largest absolute Gasteiger partial charge is 0.457 e. The van der Waals surface area contributed by atoms with Crippen LogP contribution in [0.15, 0.2) is 54.7 Å². The maximum Gasteiger partial charge on any atom is 0.322 e. The van der Waals surface area contributed by atoms with Gasteiger partial charge >= 0.3 is 6.03 Å². The van der Waals surface area contributed by atoms with E-state index in [0.29, 0.717) is 42.3 Å². The third-order valence-corrected chi connectivity index (χ3v) is 5.33. The second-order valence-corrected chi connectivity index (χ2v) is 7.55. The van der Waals surface area contributed by atoms with E-state index in [9.17, 15) is 14.0 Å². The lowest BCUT2D eigenvalue weighted by atomic mass is 10.00. The van der Waals surface area contributed by atoms with Crippen molar-refractivity contribution in [2.24, 2.45) is 0 Å². The minimum Gasteiger partial charge on any atom is -0.457 e. The van der Waals surface area contributed by atoms with Gasteiger partial charge in [-0.3, -0.25) is 9.78 Å². The number of pyridine rings is 1. The van der Waals surface area contributed by atoms with E-state index < -0.39 is 0 Å². The minimum absolute atomic E-state index is 0.262. The zero-order chi connectivity index (χ0) is 22.7. The van der Waals surface area contributed by atoms with Crippen molar-refractivity contribution in [3.63, 3.8) is 0 Å². The SMILES string of the molecule is CNC(=O)c1cc(Oc2ccc3c(c2)CN(C(=O)Nc2ccc(C)c(F)c2)CC3)ccn1. The monoisotopic (exact) mass is 434 g/mol. The van der Waals surface area contributed by atoms with Crippen molar-refractivity contribution in [3.8, 4) is 11.5 Å². The molecular formula is C24H23FN4O3. The van der Waals surface area contributed by atoms with Gasteiger partial charge in [-0.25, -0.2) is 9.18 Å². The quantitative estimate of drug-likeness (QED) is 0.642. The predicted octanol–water partition coefficient (Wildman–Crippen LogP) is 4.27. The highest BCUT2D eigenvalue weighted by atomic mass is 19.1. The zero-order valence-corrected chi connectivity index (χ0v) is 17.8. The van der Waals surface area contributed by atoms with Crippen molar-refractivity contribution in [1.82, 2.24) is 15.2 Å². The topological polar surface area (TPSA) is 83.6 Å². The fraction of sp³-hybridized carbons (Fsp3) is 0.208. The van der Waals surface area contributed by atoms with E-state index in [4.69, 9.17) is 4.74 Å². The van der Waals surface area contributed by atoms with Gasteiger partial charge in [0.15, 0.2) is 0 Å². The average molecular weight is 434 g/mol. The fourth-order valence-corrected chi connectivity index (χ4v) is 3.51. The molecule has 2 N–H and O–H groups in total. The molecule has 1 aromatic heterocycles. The van der Waals surface area contributed by atoms with E-state index in [1.54, 1.807) is 36.1 Å². The highest BCUT2D eigenvalue weighted by molar-refractivity contribution is 5.92.